The number of nitrogens with two attached hydrogens (primary N) is 1. The Morgan fingerprint density at radius 1 is 1.12 bits per heavy atom. The molecule has 2 aromatic carbocycles. The Hall–Kier alpha value is -4.32. The van der Waals surface area contributed by atoms with Crippen molar-refractivity contribution in [3.63, 3.8) is 0 Å². The van der Waals surface area contributed by atoms with Crippen molar-refractivity contribution in [1.82, 2.24) is 5.32 Å². The lowest BCUT2D eigenvalue weighted by atomic mass is 9.77. The second-order valence-electron chi connectivity index (χ2n) is 7.86. The van der Waals surface area contributed by atoms with Crippen LogP contribution in [0, 0.1) is 22.0 Å². The van der Waals surface area contributed by atoms with Gasteiger partial charge in [-0.2, -0.15) is 0 Å². The fourth-order valence-electron chi connectivity index (χ4n) is 4.78. The third-order valence-corrected chi connectivity index (χ3v) is 6.08. The van der Waals surface area contributed by atoms with Crippen LogP contribution in [0.4, 0.5) is 11.4 Å². The van der Waals surface area contributed by atoms with Crippen molar-refractivity contribution in [2.24, 2.45) is 17.6 Å². The first-order valence-corrected chi connectivity index (χ1v) is 9.78. The maximum atomic E-state index is 13.5. The van der Waals surface area contributed by atoms with Gasteiger partial charge in [0.2, 0.25) is 17.7 Å². The molecule has 2 saturated heterocycles. The molecular formula is C21H18N4O8. The molecule has 170 valence electrons. The first kappa shape index (κ1) is 21.9. The molecule has 12 heteroatoms. The highest BCUT2D eigenvalue weighted by molar-refractivity contribution is 6.25. The Balaban J connectivity index is 1.93. The molecule has 2 fully saturated rings. The largest absolute Gasteiger partial charge is 0.508 e. The first-order valence-electron chi connectivity index (χ1n) is 9.78. The van der Waals surface area contributed by atoms with Crippen LogP contribution in [0.25, 0.3) is 0 Å². The molecular weight excluding hydrogens is 436 g/mol. The van der Waals surface area contributed by atoms with Gasteiger partial charge in [-0.1, -0.05) is 30.3 Å². The number of nitro groups is 1. The number of hydrogen-bond donors (Lipinski definition) is 4. The number of nitrogens with one attached hydrogen (secondary N) is 1. The standard InChI is InChI=1S/C21H18N4O8/c22-14(27)9-21(20(30)31)16-15(17(23-21)10-5-1-4-8-13(10)26)18(28)24(19(16)29)11-6-2-3-7-12(11)25(32)33/h1-8,15-17,23,26H,9H2,(H2,22,27)(H,30,31)/t15-,16+,17-,21+/m1/s1. The quantitative estimate of drug-likeness (QED) is 0.272. The molecule has 2 aliphatic heterocycles. The lowest BCUT2D eigenvalue weighted by Crippen LogP contribution is -2.57. The molecule has 0 radical (unpaired) electrons. The maximum Gasteiger partial charge on any atom is 0.325 e. The number of primary amides is 1. The van der Waals surface area contributed by atoms with Crippen molar-refractivity contribution in [2.75, 3.05) is 4.90 Å². The Morgan fingerprint density at radius 3 is 2.36 bits per heavy atom. The molecule has 2 aliphatic rings. The lowest BCUT2D eigenvalue weighted by molar-refractivity contribution is -0.384. The number of nitro benzene ring substituents is 1. The van der Waals surface area contributed by atoms with Gasteiger partial charge in [0, 0.05) is 17.7 Å². The number of carboxylic acids is 1. The van der Waals surface area contributed by atoms with Gasteiger partial charge in [0.25, 0.3) is 5.69 Å². The van der Waals surface area contributed by atoms with Crippen LogP contribution >= 0.6 is 0 Å². The van der Waals surface area contributed by atoms with E-state index in [1.165, 1.54) is 36.4 Å². The molecule has 4 rings (SSSR count). The number of para-hydroxylation sites is 3. The Labute approximate surface area is 185 Å². The van der Waals surface area contributed by atoms with Gasteiger partial charge in [-0.25, -0.2) is 4.90 Å². The summed E-state index contributed by atoms with van der Waals surface area (Å²) in [5.74, 6) is -7.80. The highest BCUT2D eigenvalue weighted by atomic mass is 16.6. The summed E-state index contributed by atoms with van der Waals surface area (Å²) in [7, 11) is 0. The van der Waals surface area contributed by atoms with E-state index in [1.54, 1.807) is 6.07 Å². The zero-order chi connectivity index (χ0) is 24.1. The van der Waals surface area contributed by atoms with Crippen LogP contribution in [0.3, 0.4) is 0 Å². The minimum Gasteiger partial charge on any atom is -0.508 e. The summed E-state index contributed by atoms with van der Waals surface area (Å²) in [5.41, 5.74) is 2.31. The number of aromatic hydroxyl groups is 1. The zero-order valence-corrected chi connectivity index (χ0v) is 16.9. The van der Waals surface area contributed by atoms with Gasteiger partial charge in [0.05, 0.1) is 23.2 Å². The predicted molar refractivity (Wildman–Crippen MR) is 111 cm³/mol. The van der Waals surface area contributed by atoms with E-state index >= 15 is 0 Å². The van der Waals surface area contributed by atoms with E-state index in [0.29, 0.717) is 4.90 Å². The van der Waals surface area contributed by atoms with E-state index < -0.39 is 64.1 Å². The molecule has 4 atom stereocenters. The van der Waals surface area contributed by atoms with E-state index in [0.717, 1.165) is 6.07 Å². The third-order valence-electron chi connectivity index (χ3n) is 6.08. The van der Waals surface area contributed by atoms with Gasteiger partial charge >= 0.3 is 5.97 Å². The number of aliphatic carboxylic acids is 1. The van der Waals surface area contributed by atoms with Crippen molar-refractivity contribution in [2.45, 2.75) is 18.0 Å². The van der Waals surface area contributed by atoms with Gasteiger partial charge < -0.3 is 15.9 Å². The van der Waals surface area contributed by atoms with E-state index in [-0.39, 0.29) is 17.0 Å². The summed E-state index contributed by atoms with van der Waals surface area (Å²) in [6.07, 6.45) is -0.822. The molecule has 5 N–H and O–H groups in total. The molecule has 0 aromatic heterocycles. The summed E-state index contributed by atoms with van der Waals surface area (Å²) in [5, 5.41) is 34.6. The Bertz CT molecular complexity index is 1210. The van der Waals surface area contributed by atoms with Crippen LogP contribution in [-0.4, -0.2) is 44.4 Å². The SMILES string of the molecule is NC(=O)C[C@]1(C(=O)O)N[C@H](c2ccccc2O)[C@@H]2C(=O)N(c3ccccc3[N+](=O)[O-])C(=O)[C@H]21. The molecule has 33 heavy (non-hydrogen) atoms. The molecule has 0 spiro atoms. The number of amides is 3. The smallest absolute Gasteiger partial charge is 0.325 e. The number of phenolic OH excluding ortho intramolecular Hbond substituents is 1. The topological polar surface area (TPSA) is 193 Å². The van der Waals surface area contributed by atoms with E-state index in [4.69, 9.17) is 5.73 Å². The highest BCUT2D eigenvalue weighted by Crippen LogP contribution is 2.52. The molecule has 3 amide bonds. The van der Waals surface area contributed by atoms with Crippen LogP contribution < -0.4 is 16.0 Å². The number of nitrogens with zero attached hydrogens (tertiary/aromatic N) is 2. The minimum atomic E-state index is -2.27. The molecule has 2 heterocycles. The van der Waals surface area contributed by atoms with Crippen molar-refractivity contribution < 1.29 is 34.3 Å². The molecule has 0 unspecified atom stereocenters. The summed E-state index contributed by atoms with van der Waals surface area (Å²) in [4.78, 5) is 62.6. The number of carbonyl (C=O) groups is 4. The number of fused-ring (bicyclic) bond motifs is 1. The fourth-order valence-corrected chi connectivity index (χ4v) is 4.78. The predicted octanol–water partition coefficient (Wildman–Crippen LogP) is 0.449. The van der Waals surface area contributed by atoms with Gasteiger partial charge in [0.1, 0.15) is 17.0 Å². The van der Waals surface area contributed by atoms with Crippen molar-refractivity contribution in [3.05, 3.63) is 64.2 Å². The van der Waals surface area contributed by atoms with Gasteiger partial charge in [0.15, 0.2) is 0 Å². The number of imide groups is 1. The number of hydrogen-bond acceptors (Lipinski definition) is 8. The van der Waals surface area contributed by atoms with Crippen LogP contribution in [0.1, 0.15) is 18.0 Å². The van der Waals surface area contributed by atoms with Crippen LogP contribution in [0.5, 0.6) is 5.75 Å². The Kier molecular flexibility index (Phi) is 5.09. The summed E-state index contributed by atoms with van der Waals surface area (Å²) < 4.78 is 0. The average molecular weight is 454 g/mol. The third kappa shape index (κ3) is 3.19. The van der Waals surface area contributed by atoms with Crippen molar-refractivity contribution in [3.8, 4) is 5.75 Å². The zero-order valence-electron chi connectivity index (χ0n) is 16.9. The summed E-state index contributed by atoms with van der Waals surface area (Å²) in [6, 6.07) is 9.69. The normalized spacial score (nSPS) is 26.3. The second kappa shape index (κ2) is 7.67. The first-order chi connectivity index (χ1) is 15.6. The number of anilines is 1. The maximum absolute atomic E-state index is 13.5. The second-order valence-corrected chi connectivity index (χ2v) is 7.86. The van der Waals surface area contributed by atoms with Gasteiger partial charge in [-0.05, 0) is 12.1 Å². The lowest BCUT2D eigenvalue weighted by Gasteiger charge is -2.30. The average Bonchev–Trinajstić information content (AvgIpc) is 3.22. The number of phenols is 1. The number of rotatable bonds is 6. The molecule has 0 saturated carbocycles. The molecule has 12 nitrogen and oxygen atoms in total. The van der Waals surface area contributed by atoms with Crippen LogP contribution in [0.15, 0.2) is 48.5 Å². The molecule has 0 aliphatic carbocycles. The molecule has 0 bridgehead atoms. The minimum absolute atomic E-state index is 0.130. The van der Waals surface area contributed by atoms with E-state index in [2.05, 4.69) is 5.32 Å². The number of carbonyl (C=O) groups excluding carboxylic acids is 3. The van der Waals surface area contributed by atoms with Crippen LogP contribution in [-0.2, 0) is 19.2 Å². The van der Waals surface area contributed by atoms with Crippen molar-refractivity contribution >= 4 is 35.1 Å². The monoisotopic (exact) mass is 454 g/mol. The van der Waals surface area contributed by atoms with Crippen LogP contribution in [0.2, 0.25) is 0 Å². The summed E-state index contributed by atoms with van der Waals surface area (Å²) >= 11 is 0. The number of carboxylic acid groups (broad SMARTS) is 1. The van der Waals surface area contributed by atoms with E-state index in [1.807, 2.05) is 0 Å². The van der Waals surface area contributed by atoms with E-state index in [9.17, 15) is 39.5 Å². The van der Waals surface area contributed by atoms with Gasteiger partial charge in [-0.15, -0.1) is 0 Å². The highest BCUT2D eigenvalue weighted by Gasteiger charge is 2.69. The summed E-state index contributed by atoms with van der Waals surface area (Å²) in [6.45, 7) is 0. The number of benzene rings is 2. The van der Waals surface area contributed by atoms with Crippen molar-refractivity contribution in [1.29, 1.82) is 0 Å². The Morgan fingerprint density at radius 2 is 1.76 bits per heavy atom. The fraction of sp³-hybridized carbons (Fsp3) is 0.238. The molecule has 2 aromatic rings. The van der Waals surface area contributed by atoms with Gasteiger partial charge in [-0.3, -0.25) is 34.6 Å².